The third-order valence-corrected chi connectivity index (χ3v) is 5.67. The van der Waals surface area contributed by atoms with Gasteiger partial charge in [0.05, 0.1) is 5.41 Å². The van der Waals surface area contributed by atoms with Crippen molar-refractivity contribution in [2.24, 2.45) is 16.2 Å². The molecule has 0 spiro atoms. The van der Waals surface area contributed by atoms with Crippen molar-refractivity contribution in [1.82, 2.24) is 0 Å². The highest BCUT2D eigenvalue weighted by Gasteiger charge is 2.76. The molecular weight excluding hydrogens is 292 g/mol. The molecule has 94 valence electrons. The summed E-state index contributed by atoms with van der Waals surface area (Å²) in [5.41, 5.74) is -3.49. The number of hydrogen-bond donors (Lipinski definition) is 1. The maximum absolute atomic E-state index is 11.9. The summed E-state index contributed by atoms with van der Waals surface area (Å²) in [5, 5.41) is 9.69. The maximum atomic E-state index is 11.9. The van der Waals surface area contributed by atoms with Crippen molar-refractivity contribution in [3.05, 3.63) is 0 Å². The van der Waals surface area contributed by atoms with Crippen molar-refractivity contribution in [2.75, 3.05) is 5.33 Å². The summed E-state index contributed by atoms with van der Waals surface area (Å²) >= 11 is 3.26. The lowest BCUT2D eigenvalue weighted by molar-refractivity contribution is -0.200. The van der Waals surface area contributed by atoms with Gasteiger partial charge in [-0.25, -0.2) is 0 Å². The molecule has 0 amide bonds. The quantitative estimate of drug-likeness (QED) is 0.473. The first-order valence-corrected chi connectivity index (χ1v) is 6.44. The molecular formula is C11H13BrO5. The fourth-order valence-electron chi connectivity index (χ4n) is 3.17. The highest BCUT2D eigenvalue weighted by molar-refractivity contribution is 9.09. The number of alkyl halides is 1. The van der Waals surface area contributed by atoms with Gasteiger partial charge in [-0.1, -0.05) is 29.8 Å². The Bertz CT molecular complexity index is 430. The molecule has 2 aliphatic rings. The van der Waals surface area contributed by atoms with Crippen molar-refractivity contribution < 1.29 is 24.2 Å². The normalized spacial score (nSPS) is 39.0. The van der Waals surface area contributed by atoms with E-state index in [4.69, 9.17) is 0 Å². The number of esters is 2. The molecule has 2 bridgehead atoms. The highest BCUT2D eigenvalue weighted by Crippen LogP contribution is 2.66. The molecule has 0 aromatic rings. The summed E-state index contributed by atoms with van der Waals surface area (Å²) in [6.45, 7) is 3.32. The van der Waals surface area contributed by atoms with Gasteiger partial charge in [-0.2, -0.15) is 0 Å². The predicted octanol–water partition coefficient (Wildman–Crippen LogP) is 1.34. The zero-order chi connectivity index (χ0) is 13.1. The van der Waals surface area contributed by atoms with E-state index in [1.807, 2.05) is 0 Å². The fraction of sp³-hybridized carbons (Fsp3) is 0.727. The molecule has 2 atom stereocenters. The summed E-state index contributed by atoms with van der Waals surface area (Å²) in [4.78, 5) is 35.3. The van der Waals surface area contributed by atoms with Crippen LogP contribution in [-0.4, -0.2) is 28.3 Å². The Hall–Kier alpha value is -0.910. The van der Waals surface area contributed by atoms with Gasteiger partial charge < -0.3 is 9.84 Å². The fourth-order valence-corrected chi connectivity index (χ4v) is 4.38. The lowest BCUT2D eigenvalue weighted by Crippen LogP contribution is -2.61. The molecule has 0 aromatic carbocycles. The minimum atomic E-state index is -1.60. The van der Waals surface area contributed by atoms with Crippen LogP contribution >= 0.6 is 15.9 Å². The van der Waals surface area contributed by atoms with Crippen molar-refractivity contribution in [3.63, 3.8) is 0 Å². The van der Waals surface area contributed by atoms with E-state index in [1.165, 1.54) is 0 Å². The minimum Gasteiger partial charge on any atom is -0.480 e. The average molecular weight is 305 g/mol. The van der Waals surface area contributed by atoms with Crippen LogP contribution < -0.4 is 0 Å². The van der Waals surface area contributed by atoms with E-state index in [1.54, 1.807) is 13.8 Å². The van der Waals surface area contributed by atoms with Crippen molar-refractivity contribution >= 4 is 33.8 Å². The average Bonchev–Trinajstić information content (AvgIpc) is 2.38. The monoisotopic (exact) mass is 304 g/mol. The van der Waals surface area contributed by atoms with Crippen LogP contribution in [0.5, 0.6) is 0 Å². The Balaban J connectivity index is 2.69. The van der Waals surface area contributed by atoms with Crippen LogP contribution in [0.15, 0.2) is 0 Å². The van der Waals surface area contributed by atoms with Gasteiger partial charge in [-0.15, -0.1) is 0 Å². The summed E-state index contributed by atoms with van der Waals surface area (Å²) in [6, 6.07) is 0. The van der Waals surface area contributed by atoms with Crippen LogP contribution in [0.3, 0.4) is 0 Å². The Morgan fingerprint density at radius 3 is 2.41 bits per heavy atom. The standard InChI is InChI=1S/C11H13BrO5/c1-9(2)10(5-12)3-4-11(9,6(13)14)8(16)17-7(10)15/h3-5H2,1-2H3,(H,13,14)/t10-,11-/m0/s1. The molecule has 1 N–H and O–H groups in total. The lowest BCUT2D eigenvalue weighted by Gasteiger charge is -2.47. The molecule has 0 radical (unpaired) electrons. The number of cyclic esters (lactones) is 2. The topological polar surface area (TPSA) is 80.7 Å². The maximum Gasteiger partial charge on any atom is 0.331 e. The van der Waals surface area contributed by atoms with Gasteiger partial charge in [0.1, 0.15) is 0 Å². The Labute approximate surface area is 107 Å². The molecule has 1 aliphatic carbocycles. The van der Waals surface area contributed by atoms with Crippen LogP contribution in [0, 0.1) is 16.2 Å². The van der Waals surface area contributed by atoms with E-state index in [-0.39, 0.29) is 6.42 Å². The smallest absolute Gasteiger partial charge is 0.331 e. The molecule has 0 unspecified atom stereocenters. The van der Waals surface area contributed by atoms with Crippen LogP contribution in [0.4, 0.5) is 0 Å². The molecule has 2 rings (SSSR count). The Morgan fingerprint density at radius 2 is 1.94 bits per heavy atom. The van der Waals surface area contributed by atoms with Crippen molar-refractivity contribution in [2.45, 2.75) is 26.7 Å². The van der Waals surface area contributed by atoms with Gasteiger partial charge in [-0.3, -0.25) is 14.4 Å². The van der Waals surface area contributed by atoms with Gasteiger partial charge in [0.15, 0.2) is 5.41 Å². The van der Waals surface area contributed by atoms with Gasteiger partial charge in [0.25, 0.3) is 0 Å². The van der Waals surface area contributed by atoms with E-state index in [2.05, 4.69) is 20.7 Å². The Kier molecular flexibility index (Phi) is 2.44. The van der Waals surface area contributed by atoms with Gasteiger partial charge >= 0.3 is 17.9 Å². The summed E-state index contributed by atoms with van der Waals surface area (Å²) in [5.74, 6) is -2.74. The van der Waals surface area contributed by atoms with E-state index in [9.17, 15) is 19.5 Å². The van der Waals surface area contributed by atoms with E-state index < -0.39 is 34.2 Å². The first kappa shape index (κ1) is 12.5. The number of carboxylic acids is 1. The lowest BCUT2D eigenvalue weighted by atomic mass is 9.57. The van der Waals surface area contributed by atoms with Crippen LogP contribution in [0.1, 0.15) is 26.7 Å². The molecule has 17 heavy (non-hydrogen) atoms. The van der Waals surface area contributed by atoms with Crippen molar-refractivity contribution in [3.8, 4) is 0 Å². The van der Waals surface area contributed by atoms with Crippen molar-refractivity contribution in [1.29, 1.82) is 0 Å². The second-order valence-electron chi connectivity index (χ2n) is 5.23. The van der Waals surface area contributed by atoms with Crippen LogP contribution in [0.25, 0.3) is 0 Å². The zero-order valence-electron chi connectivity index (χ0n) is 9.58. The predicted molar refractivity (Wildman–Crippen MR) is 60.4 cm³/mol. The molecule has 1 saturated carbocycles. The first-order valence-electron chi connectivity index (χ1n) is 5.32. The summed E-state index contributed by atoms with van der Waals surface area (Å²) in [7, 11) is 0. The van der Waals surface area contributed by atoms with E-state index in [0.717, 1.165) is 0 Å². The van der Waals surface area contributed by atoms with Gasteiger partial charge in [0.2, 0.25) is 0 Å². The van der Waals surface area contributed by atoms with Gasteiger partial charge in [0, 0.05) is 10.7 Å². The third-order valence-electron chi connectivity index (χ3n) is 4.71. The number of halogens is 1. The molecule has 1 heterocycles. The summed E-state index contributed by atoms with van der Waals surface area (Å²) in [6.07, 6.45) is 0.494. The van der Waals surface area contributed by atoms with Gasteiger partial charge in [-0.05, 0) is 12.8 Å². The second-order valence-corrected chi connectivity index (χ2v) is 5.79. The number of hydrogen-bond acceptors (Lipinski definition) is 4. The summed E-state index contributed by atoms with van der Waals surface area (Å²) < 4.78 is 4.68. The first-order chi connectivity index (χ1) is 7.76. The number of ether oxygens (including phenoxy) is 1. The van der Waals surface area contributed by atoms with Crippen LogP contribution in [-0.2, 0) is 19.1 Å². The molecule has 6 heteroatoms. The molecule has 5 nitrogen and oxygen atoms in total. The van der Waals surface area contributed by atoms with E-state index >= 15 is 0 Å². The number of aliphatic carboxylic acids is 1. The largest absolute Gasteiger partial charge is 0.480 e. The number of carboxylic acid groups (broad SMARTS) is 1. The number of fused-ring (bicyclic) bond motifs is 2. The van der Waals surface area contributed by atoms with Crippen LogP contribution in [0.2, 0.25) is 0 Å². The number of carbonyl (C=O) groups excluding carboxylic acids is 2. The Morgan fingerprint density at radius 1 is 1.35 bits per heavy atom. The molecule has 0 aromatic heterocycles. The molecule has 1 aliphatic heterocycles. The minimum absolute atomic E-state index is 0.144. The number of carbonyl (C=O) groups is 3. The SMILES string of the molecule is CC1(C)[C@]2(CBr)CC[C@]1(C(=O)O)C(=O)OC2=O. The zero-order valence-corrected chi connectivity index (χ0v) is 11.2. The number of rotatable bonds is 2. The molecule has 1 saturated heterocycles. The third kappa shape index (κ3) is 1.07. The molecule has 2 fully saturated rings. The van der Waals surface area contributed by atoms with E-state index in [0.29, 0.717) is 11.8 Å². The highest BCUT2D eigenvalue weighted by atomic mass is 79.9. The second kappa shape index (κ2) is 3.31.